The fraction of sp³-hybridized carbons (Fsp3) is 1.00. The maximum absolute atomic E-state index is 9.72. The van der Waals surface area contributed by atoms with E-state index in [0.29, 0.717) is 6.61 Å². The van der Waals surface area contributed by atoms with Gasteiger partial charge < -0.3 is 9.53 Å². The summed E-state index contributed by atoms with van der Waals surface area (Å²) in [6.45, 7) is 13.4. The van der Waals surface area contributed by atoms with Crippen LogP contribution in [0.2, 0.25) is 18.1 Å². The number of rotatable bonds is 6. The summed E-state index contributed by atoms with van der Waals surface area (Å²) in [5.74, 6) is -0.0189. The van der Waals surface area contributed by atoms with Gasteiger partial charge in [-0.15, -0.1) is 0 Å². The van der Waals surface area contributed by atoms with Crippen LogP contribution in [0.5, 0.6) is 0 Å². The Labute approximate surface area is 105 Å². The van der Waals surface area contributed by atoms with Gasteiger partial charge in [-0.3, -0.25) is 0 Å². The summed E-state index contributed by atoms with van der Waals surface area (Å²) >= 11 is 0. The van der Waals surface area contributed by atoms with E-state index >= 15 is 0 Å². The molecule has 0 fully saturated rings. The minimum Gasteiger partial charge on any atom is -0.416 e. The Balaban J connectivity index is 4.24. The molecule has 17 heavy (non-hydrogen) atoms. The molecule has 2 atom stereocenters. The molecule has 6 heteroatoms. The molecule has 0 aromatic carbocycles. The topological polar surface area (TPSA) is 78.2 Å². The number of azide groups is 1. The van der Waals surface area contributed by atoms with Crippen LogP contribution in [0.25, 0.3) is 10.4 Å². The first-order valence-electron chi connectivity index (χ1n) is 5.94. The van der Waals surface area contributed by atoms with E-state index in [1.165, 1.54) is 0 Å². The molecule has 0 spiro atoms. The maximum atomic E-state index is 9.72. The first-order valence-corrected chi connectivity index (χ1v) is 8.85. The predicted molar refractivity (Wildman–Crippen MR) is 72.3 cm³/mol. The lowest BCUT2D eigenvalue weighted by molar-refractivity contribution is 0.0867. The fourth-order valence-electron chi connectivity index (χ4n) is 0.967. The molecule has 0 aliphatic heterocycles. The predicted octanol–water partition coefficient (Wildman–Crippen LogP) is 3.32. The summed E-state index contributed by atoms with van der Waals surface area (Å²) in [5, 5.41) is 13.3. The zero-order valence-corrected chi connectivity index (χ0v) is 12.8. The second-order valence-corrected chi connectivity index (χ2v) is 10.8. The summed E-state index contributed by atoms with van der Waals surface area (Å²) in [7, 11) is -1.76. The molecule has 0 saturated heterocycles. The van der Waals surface area contributed by atoms with E-state index in [0.717, 1.165) is 0 Å². The highest BCUT2D eigenvalue weighted by Gasteiger charge is 2.37. The Morgan fingerprint density at radius 2 is 1.94 bits per heavy atom. The third kappa shape index (κ3) is 5.54. The van der Waals surface area contributed by atoms with Crippen LogP contribution in [0.15, 0.2) is 5.11 Å². The summed E-state index contributed by atoms with van der Waals surface area (Å²) in [5.41, 5.74) is 8.19. The highest BCUT2D eigenvalue weighted by atomic mass is 28.4. The van der Waals surface area contributed by atoms with E-state index < -0.39 is 14.4 Å². The van der Waals surface area contributed by atoms with Crippen molar-refractivity contribution in [1.29, 1.82) is 0 Å². The Kier molecular flexibility index (Phi) is 6.19. The van der Waals surface area contributed by atoms with Crippen molar-refractivity contribution in [2.24, 2.45) is 11.0 Å². The average molecular weight is 259 g/mol. The van der Waals surface area contributed by atoms with Crippen molar-refractivity contribution in [3.8, 4) is 0 Å². The third-order valence-electron chi connectivity index (χ3n) is 3.50. The first-order chi connectivity index (χ1) is 7.62. The second-order valence-electron chi connectivity index (χ2n) is 6.03. The van der Waals surface area contributed by atoms with Crippen molar-refractivity contribution in [3.63, 3.8) is 0 Å². The van der Waals surface area contributed by atoms with Crippen LogP contribution in [-0.4, -0.2) is 32.7 Å². The van der Waals surface area contributed by atoms with Gasteiger partial charge in [-0.25, -0.2) is 0 Å². The van der Waals surface area contributed by atoms with Crippen LogP contribution < -0.4 is 0 Å². The minimum absolute atomic E-state index is 0.0189. The van der Waals surface area contributed by atoms with Crippen LogP contribution >= 0.6 is 0 Å². The SMILES string of the molecule is C[C@H](CO[Si](C)(C)C(C)(C)C)[C@@H](O)CN=[N+]=[N-]. The Bertz CT molecular complexity index is 283. The van der Waals surface area contributed by atoms with Crippen LogP contribution in [-0.2, 0) is 4.43 Å². The average Bonchev–Trinajstić information content (AvgIpc) is 2.20. The molecule has 0 heterocycles. The van der Waals surface area contributed by atoms with E-state index in [9.17, 15) is 5.11 Å². The van der Waals surface area contributed by atoms with Crippen LogP contribution in [0.3, 0.4) is 0 Å². The van der Waals surface area contributed by atoms with Gasteiger partial charge in [0.05, 0.1) is 12.6 Å². The fourth-order valence-corrected chi connectivity index (χ4v) is 2.08. The van der Waals surface area contributed by atoms with Gasteiger partial charge in [-0.1, -0.05) is 32.8 Å². The van der Waals surface area contributed by atoms with Gasteiger partial charge in [-0.2, -0.15) is 0 Å². The monoisotopic (exact) mass is 259 g/mol. The molecule has 0 aliphatic carbocycles. The smallest absolute Gasteiger partial charge is 0.191 e. The van der Waals surface area contributed by atoms with Crippen molar-refractivity contribution < 1.29 is 9.53 Å². The summed E-state index contributed by atoms with van der Waals surface area (Å²) < 4.78 is 6.00. The zero-order valence-electron chi connectivity index (χ0n) is 11.8. The molecule has 5 nitrogen and oxygen atoms in total. The molecule has 0 bridgehead atoms. The largest absolute Gasteiger partial charge is 0.416 e. The third-order valence-corrected chi connectivity index (χ3v) is 8.00. The van der Waals surface area contributed by atoms with E-state index in [2.05, 4.69) is 43.9 Å². The molecule has 0 unspecified atom stereocenters. The normalized spacial score (nSPS) is 16.2. The highest BCUT2D eigenvalue weighted by Crippen LogP contribution is 2.36. The van der Waals surface area contributed by atoms with Crippen molar-refractivity contribution in [2.75, 3.05) is 13.2 Å². The van der Waals surface area contributed by atoms with Gasteiger partial charge in [0.15, 0.2) is 8.32 Å². The van der Waals surface area contributed by atoms with Crippen molar-refractivity contribution >= 4 is 8.32 Å². The summed E-state index contributed by atoms with van der Waals surface area (Å²) in [6.07, 6.45) is -0.629. The van der Waals surface area contributed by atoms with Gasteiger partial charge in [-0.05, 0) is 23.7 Å². The minimum atomic E-state index is -1.76. The molecular weight excluding hydrogens is 234 g/mol. The number of aliphatic hydroxyl groups excluding tert-OH is 1. The standard InChI is InChI=1S/C11H25N3O2Si/c1-9(10(15)7-13-14-12)8-16-17(5,6)11(2,3)4/h9-10,15H,7-8H2,1-6H3/t9-,10+/m1/s1. The van der Waals surface area contributed by atoms with Crippen LogP contribution in [0, 0.1) is 5.92 Å². The zero-order chi connectivity index (χ0) is 13.7. The molecule has 100 valence electrons. The highest BCUT2D eigenvalue weighted by molar-refractivity contribution is 6.74. The molecule has 0 saturated carbocycles. The molecule has 0 aromatic heterocycles. The van der Waals surface area contributed by atoms with Crippen molar-refractivity contribution in [3.05, 3.63) is 10.4 Å². The molecule has 0 aromatic rings. The summed E-state index contributed by atoms with van der Waals surface area (Å²) in [4.78, 5) is 2.64. The number of nitrogens with zero attached hydrogens (tertiary/aromatic N) is 3. The molecule has 0 amide bonds. The van der Waals surface area contributed by atoms with E-state index in [4.69, 9.17) is 9.96 Å². The van der Waals surface area contributed by atoms with Gasteiger partial charge in [0.25, 0.3) is 0 Å². The van der Waals surface area contributed by atoms with Crippen LogP contribution in [0.4, 0.5) is 0 Å². The Hall–Kier alpha value is -0.553. The Morgan fingerprint density at radius 1 is 1.41 bits per heavy atom. The van der Waals surface area contributed by atoms with Gasteiger partial charge in [0.1, 0.15) is 0 Å². The quantitative estimate of drug-likeness (QED) is 0.344. The van der Waals surface area contributed by atoms with Gasteiger partial charge in [0, 0.05) is 17.4 Å². The van der Waals surface area contributed by atoms with E-state index in [-0.39, 0.29) is 17.5 Å². The number of hydrogen-bond donors (Lipinski definition) is 1. The van der Waals surface area contributed by atoms with Gasteiger partial charge >= 0.3 is 0 Å². The Morgan fingerprint density at radius 3 is 2.35 bits per heavy atom. The second kappa shape index (κ2) is 6.40. The van der Waals surface area contributed by atoms with Gasteiger partial charge in [0.2, 0.25) is 0 Å². The molecule has 0 aliphatic rings. The number of hydrogen-bond acceptors (Lipinski definition) is 3. The lowest BCUT2D eigenvalue weighted by Gasteiger charge is -2.37. The molecular formula is C11H25N3O2Si. The van der Waals surface area contributed by atoms with Crippen LogP contribution in [0.1, 0.15) is 27.7 Å². The first kappa shape index (κ1) is 16.4. The maximum Gasteiger partial charge on any atom is 0.191 e. The molecule has 0 rings (SSSR count). The molecule has 1 N–H and O–H groups in total. The lowest BCUT2D eigenvalue weighted by atomic mass is 10.1. The van der Waals surface area contributed by atoms with E-state index in [1.807, 2.05) is 6.92 Å². The van der Waals surface area contributed by atoms with Crippen molar-refractivity contribution in [2.45, 2.75) is 51.9 Å². The van der Waals surface area contributed by atoms with Crippen molar-refractivity contribution in [1.82, 2.24) is 0 Å². The molecule has 0 radical (unpaired) electrons. The summed E-state index contributed by atoms with van der Waals surface area (Å²) in [6, 6.07) is 0. The van der Waals surface area contributed by atoms with E-state index in [1.54, 1.807) is 0 Å². The number of aliphatic hydroxyl groups is 1. The lowest BCUT2D eigenvalue weighted by Crippen LogP contribution is -2.43.